The van der Waals surface area contributed by atoms with Crippen molar-refractivity contribution in [3.05, 3.63) is 37.7 Å². The fourth-order valence-corrected chi connectivity index (χ4v) is 3.47. The zero-order valence-corrected chi connectivity index (χ0v) is 16.3. The predicted molar refractivity (Wildman–Crippen MR) is 98.2 cm³/mol. The molecule has 0 radical (unpaired) electrons. The number of nitrogens with zero attached hydrogens (tertiary/aromatic N) is 2. The van der Waals surface area contributed by atoms with E-state index in [1.54, 1.807) is 19.1 Å². The Balaban J connectivity index is 2.39. The number of carbonyl (C=O) groups excluding carboxylic acids is 1. The van der Waals surface area contributed by atoms with Crippen molar-refractivity contribution >= 4 is 39.1 Å². The number of hydrogen-bond acceptors (Lipinski definition) is 7. The van der Waals surface area contributed by atoms with Gasteiger partial charge in [0.2, 0.25) is 0 Å². The second-order valence-corrected chi connectivity index (χ2v) is 7.11. The first-order valence-electron chi connectivity index (χ1n) is 7.59. The Morgan fingerprint density at radius 3 is 2.76 bits per heavy atom. The number of esters is 1. The van der Waals surface area contributed by atoms with Crippen molar-refractivity contribution in [2.24, 2.45) is 5.92 Å². The van der Waals surface area contributed by atoms with Gasteiger partial charge in [0.05, 0.1) is 28.3 Å². The number of hydrogen-bond donors (Lipinski definition) is 0. The van der Waals surface area contributed by atoms with Crippen LogP contribution >= 0.6 is 27.5 Å². The summed E-state index contributed by atoms with van der Waals surface area (Å²) in [4.78, 5) is 23.1. The first-order chi connectivity index (χ1) is 11.8. The fourth-order valence-electron chi connectivity index (χ4n) is 1.97. The molecule has 9 heteroatoms. The van der Waals surface area contributed by atoms with Crippen LogP contribution < -0.4 is 4.74 Å². The van der Waals surface area contributed by atoms with Gasteiger partial charge >= 0.3 is 11.7 Å². The van der Waals surface area contributed by atoms with E-state index >= 15 is 0 Å². The minimum Gasteiger partial charge on any atom is -0.487 e. The van der Waals surface area contributed by atoms with E-state index in [1.165, 1.54) is 6.07 Å². The molecule has 0 fully saturated rings. The molecule has 7 nitrogen and oxygen atoms in total. The molecule has 0 atom stereocenters. The van der Waals surface area contributed by atoms with E-state index < -0.39 is 10.9 Å². The summed E-state index contributed by atoms with van der Waals surface area (Å²) in [6.07, 6.45) is 0. The summed E-state index contributed by atoms with van der Waals surface area (Å²) < 4.78 is 15.2. The van der Waals surface area contributed by atoms with E-state index in [4.69, 9.17) is 9.47 Å². The maximum Gasteiger partial charge on any atom is 0.351 e. The third kappa shape index (κ3) is 4.55. The third-order valence-corrected chi connectivity index (χ3v) is 4.96. The van der Waals surface area contributed by atoms with Gasteiger partial charge in [0.15, 0.2) is 5.75 Å². The maximum absolute atomic E-state index is 11.9. The fraction of sp³-hybridized carbons (Fsp3) is 0.375. The highest BCUT2D eigenvalue weighted by atomic mass is 79.9. The van der Waals surface area contributed by atoms with Crippen LogP contribution in [0.15, 0.2) is 22.7 Å². The zero-order valence-electron chi connectivity index (χ0n) is 13.9. The van der Waals surface area contributed by atoms with Gasteiger partial charge < -0.3 is 9.47 Å². The van der Waals surface area contributed by atoms with Crippen molar-refractivity contribution < 1.29 is 19.2 Å². The maximum atomic E-state index is 11.9. The highest BCUT2D eigenvalue weighted by molar-refractivity contribution is 9.10. The minimum absolute atomic E-state index is 0.143. The lowest BCUT2D eigenvalue weighted by atomic mass is 10.1. The molecule has 2 rings (SSSR count). The van der Waals surface area contributed by atoms with Gasteiger partial charge in [-0.3, -0.25) is 10.1 Å². The van der Waals surface area contributed by atoms with Crippen molar-refractivity contribution in [3.63, 3.8) is 0 Å². The number of carbonyl (C=O) groups is 1. The van der Waals surface area contributed by atoms with Crippen molar-refractivity contribution in [2.75, 3.05) is 13.2 Å². The van der Waals surface area contributed by atoms with Crippen LogP contribution in [0.1, 0.15) is 30.4 Å². The van der Waals surface area contributed by atoms with Crippen LogP contribution in [0.5, 0.6) is 5.75 Å². The summed E-state index contributed by atoms with van der Waals surface area (Å²) in [5.41, 5.74) is 0.824. The second-order valence-electron chi connectivity index (χ2n) is 5.54. The molecule has 1 aromatic heterocycles. The molecule has 0 aliphatic heterocycles. The Morgan fingerprint density at radius 2 is 2.16 bits per heavy atom. The third-order valence-electron chi connectivity index (χ3n) is 3.10. The standard InChI is InChI=1S/C16H17BrN2O5S/c1-4-23-16(20)15-13(17)14(18-25-15)10-5-6-12(24-8-9(2)3)11(7-10)19(21)22/h5-7,9H,4,8H2,1-3H3. The number of aromatic nitrogens is 1. The van der Waals surface area contributed by atoms with E-state index in [2.05, 4.69) is 20.3 Å². The second kappa shape index (κ2) is 8.39. The first-order valence-corrected chi connectivity index (χ1v) is 9.15. The van der Waals surface area contributed by atoms with Crippen LogP contribution in [0.4, 0.5) is 5.69 Å². The van der Waals surface area contributed by atoms with Gasteiger partial charge in [0, 0.05) is 11.6 Å². The molecule has 0 aliphatic carbocycles. The lowest BCUT2D eigenvalue weighted by Gasteiger charge is -2.09. The number of nitro benzene ring substituents is 1. The highest BCUT2D eigenvalue weighted by Gasteiger charge is 2.23. The van der Waals surface area contributed by atoms with E-state index in [1.807, 2.05) is 13.8 Å². The predicted octanol–water partition coefficient (Wildman–Crippen LogP) is 4.69. The van der Waals surface area contributed by atoms with Crippen molar-refractivity contribution in [2.45, 2.75) is 20.8 Å². The van der Waals surface area contributed by atoms with E-state index in [-0.39, 0.29) is 24.0 Å². The SMILES string of the molecule is CCOC(=O)c1snc(-c2ccc(OCC(C)C)c([N+](=O)[O-])c2)c1Br. The summed E-state index contributed by atoms with van der Waals surface area (Å²) >= 11 is 4.31. The van der Waals surface area contributed by atoms with Crippen LogP contribution in [-0.2, 0) is 4.74 Å². The smallest absolute Gasteiger partial charge is 0.351 e. The van der Waals surface area contributed by atoms with Gasteiger partial charge in [-0.05, 0) is 52.4 Å². The number of rotatable bonds is 7. The van der Waals surface area contributed by atoms with Gasteiger partial charge in [0.25, 0.3) is 0 Å². The molecule has 134 valence electrons. The van der Waals surface area contributed by atoms with Crippen LogP contribution in [-0.4, -0.2) is 28.5 Å². The molecule has 0 N–H and O–H groups in total. The Hall–Kier alpha value is -2.00. The molecule has 25 heavy (non-hydrogen) atoms. The largest absolute Gasteiger partial charge is 0.487 e. The average Bonchev–Trinajstić information content (AvgIpc) is 2.94. The lowest BCUT2D eigenvalue weighted by molar-refractivity contribution is -0.385. The quantitative estimate of drug-likeness (QED) is 0.360. The van der Waals surface area contributed by atoms with E-state index in [0.717, 1.165) is 11.5 Å². The Bertz CT molecular complexity index is 791. The molecule has 0 saturated heterocycles. The molecule has 1 heterocycles. The summed E-state index contributed by atoms with van der Waals surface area (Å²) in [6, 6.07) is 4.62. The molecular formula is C16H17BrN2O5S. The number of nitro groups is 1. The van der Waals surface area contributed by atoms with Crippen molar-refractivity contribution in [1.29, 1.82) is 0 Å². The number of ether oxygens (including phenoxy) is 2. The normalized spacial score (nSPS) is 10.8. The topological polar surface area (TPSA) is 91.6 Å². The van der Waals surface area contributed by atoms with Crippen LogP contribution in [0.25, 0.3) is 11.3 Å². The Labute approximate surface area is 157 Å². The van der Waals surface area contributed by atoms with Gasteiger partial charge in [-0.1, -0.05) is 13.8 Å². The van der Waals surface area contributed by atoms with Gasteiger partial charge in [-0.15, -0.1) is 0 Å². The molecule has 0 bridgehead atoms. The average molecular weight is 429 g/mol. The van der Waals surface area contributed by atoms with Crippen LogP contribution in [0.2, 0.25) is 0 Å². The molecule has 0 unspecified atom stereocenters. The summed E-state index contributed by atoms with van der Waals surface area (Å²) in [7, 11) is 0. The molecule has 1 aromatic carbocycles. The van der Waals surface area contributed by atoms with Crippen LogP contribution in [0.3, 0.4) is 0 Å². The van der Waals surface area contributed by atoms with Crippen molar-refractivity contribution in [3.8, 4) is 17.0 Å². The lowest BCUT2D eigenvalue weighted by Crippen LogP contribution is -2.06. The highest BCUT2D eigenvalue weighted by Crippen LogP contribution is 2.37. The minimum atomic E-state index is -0.494. The van der Waals surface area contributed by atoms with Crippen LogP contribution in [0, 0.1) is 16.0 Å². The Kier molecular flexibility index (Phi) is 6.49. The summed E-state index contributed by atoms with van der Waals surface area (Å²) in [5, 5.41) is 11.4. The molecule has 0 spiro atoms. The summed E-state index contributed by atoms with van der Waals surface area (Å²) in [5.74, 6) is -0.0250. The number of halogens is 1. The zero-order chi connectivity index (χ0) is 18.6. The molecular weight excluding hydrogens is 412 g/mol. The number of benzene rings is 1. The van der Waals surface area contributed by atoms with Gasteiger partial charge in [-0.25, -0.2) is 4.79 Å². The van der Waals surface area contributed by atoms with E-state index in [9.17, 15) is 14.9 Å². The molecule has 0 amide bonds. The van der Waals surface area contributed by atoms with Gasteiger partial charge in [0.1, 0.15) is 4.88 Å². The van der Waals surface area contributed by atoms with Gasteiger partial charge in [-0.2, -0.15) is 4.37 Å². The van der Waals surface area contributed by atoms with E-state index in [0.29, 0.717) is 27.2 Å². The molecule has 0 saturated carbocycles. The monoisotopic (exact) mass is 428 g/mol. The first kappa shape index (κ1) is 19.3. The molecule has 0 aliphatic rings. The molecule has 2 aromatic rings. The Morgan fingerprint density at radius 1 is 1.44 bits per heavy atom. The summed E-state index contributed by atoms with van der Waals surface area (Å²) in [6.45, 7) is 6.28. The van der Waals surface area contributed by atoms with Crippen molar-refractivity contribution in [1.82, 2.24) is 4.37 Å².